The van der Waals surface area contributed by atoms with Gasteiger partial charge < -0.3 is 9.73 Å². The fourth-order valence-corrected chi connectivity index (χ4v) is 2.47. The van der Waals surface area contributed by atoms with Crippen LogP contribution in [-0.4, -0.2) is 17.4 Å². The van der Waals surface area contributed by atoms with Crippen molar-refractivity contribution < 1.29 is 9.21 Å². The monoisotopic (exact) mass is 340 g/mol. The van der Waals surface area contributed by atoms with E-state index in [1.165, 1.54) is 0 Å². The minimum atomic E-state index is -0.126. The number of halogens is 1. The highest BCUT2D eigenvalue weighted by Gasteiger charge is 2.16. The van der Waals surface area contributed by atoms with Crippen LogP contribution >= 0.6 is 11.6 Å². The van der Waals surface area contributed by atoms with E-state index in [1.54, 1.807) is 24.4 Å². The van der Waals surface area contributed by atoms with Crippen molar-refractivity contribution in [2.75, 3.05) is 6.54 Å². The lowest BCUT2D eigenvalue weighted by Crippen LogP contribution is -2.24. The average Bonchev–Trinajstić information content (AvgIpc) is 3.10. The molecule has 0 unspecified atom stereocenters. The van der Waals surface area contributed by atoms with Crippen molar-refractivity contribution in [3.63, 3.8) is 0 Å². The minimum Gasteiger partial charge on any atom is -0.436 e. The maximum atomic E-state index is 12.3. The summed E-state index contributed by atoms with van der Waals surface area (Å²) in [6.45, 7) is 2.65. The topological polar surface area (TPSA) is 55.1 Å². The highest BCUT2D eigenvalue weighted by molar-refractivity contribution is 6.30. The highest BCUT2D eigenvalue weighted by Crippen LogP contribution is 2.28. The first-order valence-electron chi connectivity index (χ1n) is 7.78. The number of hydrogen-bond acceptors (Lipinski definition) is 3. The molecule has 1 amide bonds. The summed E-state index contributed by atoms with van der Waals surface area (Å²) in [6.07, 6.45) is 2.53. The van der Waals surface area contributed by atoms with Gasteiger partial charge in [0.05, 0.1) is 11.8 Å². The molecule has 1 N–H and O–H groups in total. The van der Waals surface area contributed by atoms with E-state index in [0.29, 0.717) is 34.3 Å². The molecule has 1 aromatic heterocycles. The fourth-order valence-electron chi connectivity index (χ4n) is 2.35. The second kappa shape index (κ2) is 7.32. The third-order valence-electron chi connectivity index (χ3n) is 3.57. The fraction of sp³-hybridized carbons (Fsp3) is 0.158. The molecule has 0 aliphatic heterocycles. The van der Waals surface area contributed by atoms with Gasteiger partial charge in [-0.15, -0.1) is 0 Å². The van der Waals surface area contributed by atoms with Gasteiger partial charge >= 0.3 is 0 Å². The number of aromatic nitrogens is 1. The smallest absolute Gasteiger partial charge is 0.252 e. The van der Waals surface area contributed by atoms with Gasteiger partial charge in [0.2, 0.25) is 5.89 Å². The second-order valence-corrected chi connectivity index (χ2v) is 5.77. The summed E-state index contributed by atoms with van der Waals surface area (Å²) in [7, 11) is 0. The average molecular weight is 341 g/mol. The number of carbonyl (C=O) groups excluding carboxylic acids is 1. The molecule has 0 saturated carbocycles. The number of nitrogens with zero attached hydrogens (tertiary/aromatic N) is 1. The number of oxazole rings is 1. The number of carbonyl (C=O) groups is 1. The first-order chi connectivity index (χ1) is 11.7. The lowest BCUT2D eigenvalue weighted by atomic mass is 10.1. The maximum Gasteiger partial charge on any atom is 0.252 e. The van der Waals surface area contributed by atoms with E-state index in [4.69, 9.17) is 16.0 Å². The molecular formula is C19H17ClN2O2. The van der Waals surface area contributed by atoms with E-state index in [0.717, 1.165) is 12.0 Å². The highest BCUT2D eigenvalue weighted by atomic mass is 35.5. The number of nitrogens with one attached hydrogen (secondary N) is 1. The predicted molar refractivity (Wildman–Crippen MR) is 95.0 cm³/mol. The third-order valence-corrected chi connectivity index (χ3v) is 3.82. The van der Waals surface area contributed by atoms with Crippen LogP contribution in [0.25, 0.3) is 22.8 Å². The van der Waals surface area contributed by atoms with Crippen molar-refractivity contribution in [2.24, 2.45) is 0 Å². The van der Waals surface area contributed by atoms with E-state index in [2.05, 4.69) is 10.3 Å². The standard InChI is InChI=1S/C19H17ClN2O2/c1-2-11-21-18(23)15-5-3-4-6-16(15)19-22-12-17(24-19)13-7-9-14(20)10-8-13/h3-10,12H,2,11H2,1H3,(H,21,23). The van der Waals surface area contributed by atoms with Gasteiger partial charge in [0.25, 0.3) is 5.91 Å². The van der Waals surface area contributed by atoms with Crippen LogP contribution in [0.15, 0.2) is 59.1 Å². The molecular weight excluding hydrogens is 324 g/mol. The van der Waals surface area contributed by atoms with Crippen molar-refractivity contribution in [2.45, 2.75) is 13.3 Å². The molecule has 3 aromatic rings. The molecule has 122 valence electrons. The van der Waals surface area contributed by atoms with Crippen LogP contribution in [-0.2, 0) is 0 Å². The first kappa shape index (κ1) is 16.3. The summed E-state index contributed by atoms with van der Waals surface area (Å²) < 4.78 is 5.86. The molecule has 0 saturated heterocycles. The largest absolute Gasteiger partial charge is 0.436 e. The van der Waals surface area contributed by atoms with Gasteiger partial charge in [-0.25, -0.2) is 4.98 Å². The molecule has 24 heavy (non-hydrogen) atoms. The van der Waals surface area contributed by atoms with Crippen molar-refractivity contribution in [3.8, 4) is 22.8 Å². The van der Waals surface area contributed by atoms with Gasteiger partial charge in [-0.3, -0.25) is 4.79 Å². The zero-order valence-corrected chi connectivity index (χ0v) is 14.0. The lowest BCUT2D eigenvalue weighted by molar-refractivity contribution is 0.0954. The normalized spacial score (nSPS) is 10.6. The molecule has 3 rings (SSSR count). The van der Waals surface area contributed by atoms with Gasteiger partial charge in [-0.1, -0.05) is 30.7 Å². The minimum absolute atomic E-state index is 0.126. The predicted octanol–water partition coefficient (Wildman–Crippen LogP) is 4.80. The lowest BCUT2D eigenvalue weighted by Gasteiger charge is -2.07. The van der Waals surface area contributed by atoms with Crippen molar-refractivity contribution in [3.05, 3.63) is 65.3 Å². The summed E-state index contributed by atoms with van der Waals surface area (Å²) in [5, 5.41) is 3.54. The Labute approximate surface area is 145 Å². The summed E-state index contributed by atoms with van der Waals surface area (Å²) in [6, 6.07) is 14.6. The van der Waals surface area contributed by atoms with E-state index in [-0.39, 0.29) is 5.91 Å². The molecule has 0 atom stereocenters. The van der Waals surface area contributed by atoms with Crippen LogP contribution in [0.3, 0.4) is 0 Å². The summed E-state index contributed by atoms with van der Waals surface area (Å²) in [4.78, 5) is 16.6. The van der Waals surface area contributed by atoms with Crippen LogP contribution < -0.4 is 5.32 Å². The van der Waals surface area contributed by atoms with Crippen molar-refractivity contribution in [1.82, 2.24) is 10.3 Å². The second-order valence-electron chi connectivity index (χ2n) is 5.34. The maximum absolute atomic E-state index is 12.3. The zero-order valence-electron chi connectivity index (χ0n) is 13.3. The Morgan fingerprint density at radius 1 is 1.17 bits per heavy atom. The van der Waals surface area contributed by atoms with Crippen LogP contribution in [0.5, 0.6) is 0 Å². The van der Waals surface area contributed by atoms with Crippen LogP contribution in [0.1, 0.15) is 23.7 Å². The first-order valence-corrected chi connectivity index (χ1v) is 8.16. The van der Waals surface area contributed by atoms with Gasteiger partial charge in [0.15, 0.2) is 5.76 Å². The van der Waals surface area contributed by atoms with Gasteiger partial charge in [-0.2, -0.15) is 0 Å². The van der Waals surface area contributed by atoms with E-state index >= 15 is 0 Å². The number of benzene rings is 2. The third kappa shape index (κ3) is 3.49. The number of rotatable bonds is 5. The molecule has 0 fully saturated rings. The van der Waals surface area contributed by atoms with Gasteiger partial charge in [0, 0.05) is 22.7 Å². The van der Waals surface area contributed by atoms with E-state index in [9.17, 15) is 4.79 Å². The van der Waals surface area contributed by atoms with Crippen LogP contribution in [0.2, 0.25) is 5.02 Å². The molecule has 0 radical (unpaired) electrons. The molecule has 4 nitrogen and oxygen atoms in total. The van der Waals surface area contributed by atoms with Crippen molar-refractivity contribution >= 4 is 17.5 Å². The Balaban J connectivity index is 1.93. The Morgan fingerprint density at radius 2 is 1.92 bits per heavy atom. The van der Waals surface area contributed by atoms with Crippen LogP contribution in [0, 0.1) is 0 Å². The molecule has 2 aromatic carbocycles. The van der Waals surface area contributed by atoms with E-state index < -0.39 is 0 Å². The summed E-state index contributed by atoms with van der Waals surface area (Å²) in [5.74, 6) is 0.923. The Kier molecular flexibility index (Phi) is 4.96. The zero-order chi connectivity index (χ0) is 16.9. The molecule has 0 spiro atoms. The molecule has 0 bridgehead atoms. The van der Waals surface area contributed by atoms with E-state index in [1.807, 2.05) is 37.3 Å². The summed E-state index contributed by atoms with van der Waals surface area (Å²) in [5.41, 5.74) is 2.10. The van der Waals surface area contributed by atoms with Crippen molar-refractivity contribution in [1.29, 1.82) is 0 Å². The summed E-state index contributed by atoms with van der Waals surface area (Å²) >= 11 is 5.91. The Morgan fingerprint density at radius 3 is 2.67 bits per heavy atom. The Hall–Kier alpha value is -2.59. The SMILES string of the molecule is CCCNC(=O)c1ccccc1-c1ncc(-c2ccc(Cl)cc2)o1. The van der Waals surface area contributed by atoms with Gasteiger partial charge in [0.1, 0.15) is 0 Å². The molecule has 1 heterocycles. The number of amides is 1. The molecule has 5 heteroatoms. The quantitative estimate of drug-likeness (QED) is 0.725. The molecule has 0 aliphatic carbocycles. The van der Waals surface area contributed by atoms with Gasteiger partial charge in [-0.05, 0) is 42.8 Å². The molecule has 0 aliphatic rings. The Bertz CT molecular complexity index is 841. The number of hydrogen-bond donors (Lipinski definition) is 1. The van der Waals surface area contributed by atoms with Crippen LogP contribution in [0.4, 0.5) is 0 Å².